The first kappa shape index (κ1) is 11.2. The summed E-state index contributed by atoms with van der Waals surface area (Å²) < 4.78 is 0. The lowest BCUT2D eigenvalue weighted by molar-refractivity contribution is 0.0946. The van der Waals surface area contributed by atoms with Crippen molar-refractivity contribution < 1.29 is 4.79 Å². The number of hydrogen-bond acceptors (Lipinski definition) is 1. The highest BCUT2D eigenvalue weighted by Crippen LogP contribution is 2.32. The highest BCUT2D eigenvalue weighted by Gasteiger charge is 2.28. The van der Waals surface area contributed by atoms with Crippen LogP contribution in [-0.4, -0.2) is 5.78 Å². The van der Waals surface area contributed by atoms with Crippen LogP contribution in [0.2, 0.25) is 0 Å². The average molecular weight is 236 g/mol. The van der Waals surface area contributed by atoms with E-state index in [9.17, 15) is 4.79 Å². The van der Waals surface area contributed by atoms with Gasteiger partial charge in [0.2, 0.25) is 0 Å². The van der Waals surface area contributed by atoms with Crippen molar-refractivity contribution in [2.45, 2.75) is 25.7 Å². The molecule has 0 fully saturated rings. The second-order valence-corrected chi connectivity index (χ2v) is 5.03. The number of benzene rings is 2. The number of carbonyl (C=O) groups excluding carboxylic acids is 1. The van der Waals surface area contributed by atoms with Gasteiger partial charge in [-0.2, -0.15) is 0 Å². The lowest BCUT2D eigenvalue weighted by Gasteiger charge is -2.24. The Morgan fingerprint density at radius 3 is 2.61 bits per heavy atom. The Morgan fingerprint density at radius 2 is 1.83 bits per heavy atom. The van der Waals surface area contributed by atoms with Crippen molar-refractivity contribution in [1.82, 2.24) is 0 Å². The Morgan fingerprint density at radius 1 is 1.06 bits per heavy atom. The zero-order valence-electron chi connectivity index (χ0n) is 10.5. The minimum absolute atomic E-state index is 0.0430. The van der Waals surface area contributed by atoms with E-state index in [0.717, 1.165) is 24.0 Å². The average Bonchev–Trinajstić information content (AvgIpc) is 2.40. The van der Waals surface area contributed by atoms with Gasteiger partial charge in [0.05, 0.1) is 0 Å². The van der Waals surface area contributed by atoms with E-state index in [2.05, 4.69) is 25.1 Å². The van der Waals surface area contributed by atoms with Gasteiger partial charge >= 0.3 is 0 Å². The van der Waals surface area contributed by atoms with Gasteiger partial charge < -0.3 is 0 Å². The largest absolute Gasteiger partial charge is 0.293 e. The number of hydrogen-bond donors (Lipinski definition) is 0. The summed E-state index contributed by atoms with van der Waals surface area (Å²) in [6.07, 6.45) is 1.93. The minimum atomic E-state index is 0.0430. The smallest absolute Gasteiger partial charge is 0.170 e. The van der Waals surface area contributed by atoms with E-state index in [1.54, 1.807) is 0 Å². The van der Waals surface area contributed by atoms with Gasteiger partial charge in [0.25, 0.3) is 0 Å². The fourth-order valence-corrected chi connectivity index (χ4v) is 2.79. The van der Waals surface area contributed by atoms with E-state index in [-0.39, 0.29) is 11.7 Å². The van der Waals surface area contributed by atoms with Crippen molar-refractivity contribution in [3.05, 3.63) is 70.8 Å². The van der Waals surface area contributed by atoms with Crippen molar-refractivity contribution >= 4 is 5.78 Å². The first-order valence-electron chi connectivity index (χ1n) is 6.44. The highest BCUT2D eigenvalue weighted by atomic mass is 16.1. The fourth-order valence-electron chi connectivity index (χ4n) is 2.79. The molecule has 0 bridgehead atoms. The second-order valence-electron chi connectivity index (χ2n) is 5.03. The summed E-state index contributed by atoms with van der Waals surface area (Å²) in [4.78, 5) is 12.5. The van der Waals surface area contributed by atoms with Gasteiger partial charge in [0.15, 0.2) is 5.78 Å². The molecule has 0 N–H and O–H groups in total. The standard InChI is InChI=1S/C17H16O/c1-12-7-9-16-14(11-12)8-10-15(17(16)18)13-5-3-2-4-6-13/h2-7,9,11,15H,8,10H2,1H3/t15-/m0/s1. The molecule has 0 unspecified atom stereocenters. The molecule has 1 atom stereocenters. The third-order valence-electron chi connectivity index (χ3n) is 3.75. The van der Waals surface area contributed by atoms with Crippen LogP contribution in [0.3, 0.4) is 0 Å². The van der Waals surface area contributed by atoms with Crippen LogP contribution in [0.25, 0.3) is 0 Å². The van der Waals surface area contributed by atoms with Crippen LogP contribution in [0.1, 0.15) is 39.4 Å². The number of ketones is 1. The highest BCUT2D eigenvalue weighted by molar-refractivity contribution is 6.03. The molecule has 2 aromatic carbocycles. The van der Waals surface area contributed by atoms with Crippen molar-refractivity contribution in [2.75, 3.05) is 0 Å². The first-order chi connectivity index (χ1) is 8.75. The summed E-state index contributed by atoms with van der Waals surface area (Å²) in [7, 11) is 0. The number of aryl methyl sites for hydroxylation is 2. The quantitative estimate of drug-likeness (QED) is 0.733. The molecule has 0 aliphatic heterocycles. The Labute approximate surface area is 107 Å². The number of rotatable bonds is 1. The summed E-state index contributed by atoms with van der Waals surface area (Å²) in [6, 6.07) is 16.3. The maximum Gasteiger partial charge on any atom is 0.170 e. The molecule has 0 amide bonds. The molecule has 1 heteroatoms. The molecule has 0 radical (unpaired) electrons. The molecule has 0 saturated heterocycles. The second kappa shape index (κ2) is 4.41. The molecule has 0 saturated carbocycles. The van der Waals surface area contributed by atoms with Gasteiger partial charge in [-0.15, -0.1) is 0 Å². The van der Waals surface area contributed by atoms with E-state index < -0.39 is 0 Å². The summed E-state index contributed by atoms with van der Waals surface area (Å²) in [6.45, 7) is 2.08. The van der Waals surface area contributed by atoms with E-state index >= 15 is 0 Å². The Bertz CT molecular complexity index is 584. The minimum Gasteiger partial charge on any atom is -0.293 e. The fraction of sp³-hybridized carbons (Fsp3) is 0.235. The van der Waals surface area contributed by atoms with Crippen LogP contribution in [0.4, 0.5) is 0 Å². The van der Waals surface area contributed by atoms with Crippen molar-refractivity contribution in [3.63, 3.8) is 0 Å². The van der Waals surface area contributed by atoms with Crippen LogP contribution in [0, 0.1) is 6.92 Å². The maximum absolute atomic E-state index is 12.5. The summed E-state index contributed by atoms with van der Waals surface area (Å²) in [5.74, 6) is 0.323. The maximum atomic E-state index is 12.5. The van der Waals surface area contributed by atoms with Crippen LogP contribution in [0.5, 0.6) is 0 Å². The Kier molecular flexibility index (Phi) is 2.75. The lowest BCUT2D eigenvalue weighted by Crippen LogP contribution is -2.20. The molecule has 0 heterocycles. The van der Waals surface area contributed by atoms with Crippen LogP contribution >= 0.6 is 0 Å². The molecular formula is C17H16O. The normalized spacial score (nSPS) is 18.5. The molecule has 1 nitrogen and oxygen atoms in total. The SMILES string of the molecule is Cc1ccc2c(c1)CC[C@@H](c1ccccc1)C2=O. The molecule has 1 aliphatic carbocycles. The third kappa shape index (κ3) is 1.86. The van der Waals surface area contributed by atoms with Gasteiger partial charge in [-0.25, -0.2) is 0 Å². The molecule has 1 aliphatic rings. The van der Waals surface area contributed by atoms with Crippen LogP contribution < -0.4 is 0 Å². The van der Waals surface area contributed by atoms with Gasteiger partial charge in [0.1, 0.15) is 0 Å². The Hall–Kier alpha value is -1.89. The predicted molar refractivity (Wildman–Crippen MR) is 73.0 cm³/mol. The van der Waals surface area contributed by atoms with Gasteiger partial charge in [-0.1, -0.05) is 54.1 Å². The van der Waals surface area contributed by atoms with Crippen molar-refractivity contribution in [2.24, 2.45) is 0 Å². The van der Waals surface area contributed by atoms with Crippen molar-refractivity contribution in [3.8, 4) is 0 Å². The number of Topliss-reactive ketones (excluding diaryl/α,β-unsaturated/α-hetero) is 1. The van der Waals surface area contributed by atoms with Gasteiger partial charge in [0, 0.05) is 11.5 Å². The molecule has 3 rings (SSSR count). The van der Waals surface area contributed by atoms with E-state index in [0.29, 0.717) is 0 Å². The zero-order valence-corrected chi connectivity index (χ0v) is 10.5. The summed E-state index contributed by atoms with van der Waals surface area (Å²) >= 11 is 0. The monoisotopic (exact) mass is 236 g/mol. The van der Waals surface area contributed by atoms with Crippen molar-refractivity contribution in [1.29, 1.82) is 0 Å². The molecule has 18 heavy (non-hydrogen) atoms. The van der Waals surface area contributed by atoms with Crippen LogP contribution in [-0.2, 0) is 6.42 Å². The number of fused-ring (bicyclic) bond motifs is 1. The molecule has 0 spiro atoms. The predicted octanol–water partition coefficient (Wildman–Crippen LogP) is 3.91. The summed E-state index contributed by atoms with van der Waals surface area (Å²) in [5, 5.41) is 0. The molecule has 0 aromatic heterocycles. The zero-order chi connectivity index (χ0) is 12.5. The van der Waals surface area contributed by atoms with Gasteiger partial charge in [-0.05, 0) is 30.9 Å². The number of carbonyl (C=O) groups is 1. The Balaban J connectivity index is 2.00. The van der Waals surface area contributed by atoms with Gasteiger partial charge in [-0.3, -0.25) is 4.79 Å². The lowest BCUT2D eigenvalue weighted by atomic mass is 9.79. The molecule has 2 aromatic rings. The molecule has 90 valence electrons. The molecular weight excluding hydrogens is 220 g/mol. The third-order valence-corrected chi connectivity index (χ3v) is 3.75. The topological polar surface area (TPSA) is 17.1 Å². The van der Waals surface area contributed by atoms with E-state index in [1.165, 1.54) is 11.1 Å². The summed E-state index contributed by atoms with van der Waals surface area (Å²) in [5.41, 5.74) is 4.52. The van der Waals surface area contributed by atoms with E-state index in [4.69, 9.17) is 0 Å². The first-order valence-corrected chi connectivity index (χ1v) is 6.44. The van der Waals surface area contributed by atoms with E-state index in [1.807, 2.05) is 30.3 Å². The van der Waals surface area contributed by atoms with Crippen LogP contribution in [0.15, 0.2) is 48.5 Å².